The van der Waals surface area contributed by atoms with E-state index in [1.807, 2.05) is 0 Å². The van der Waals surface area contributed by atoms with Crippen LogP contribution in [0.1, 0.15) is 16.1 Å². The predicted molar refractivity (Wildman–Crippen MR) is 72.7 cm³/mol. The minimum atomic E-state index is -1.16. The van der Waals surface area contributed by atoms with Crippen molar-refractivity contribution < 1.29 is 28.6 Å². The van der Waals surface area contributed by atoms with Crippen molar-refractivity contribution in [1.29, 1.82) is 0 Å². The Morgan fingerprint density at radius 2 is 1.95 bits per heavy atom. The predicted octanol–water partition coefficient (Wildman–Crippen LogP) is 2.20. The van der Waals surface area contributed by atoms with E-state index >= 15 is 0 Å². The van der Waals surface area contributed by atoms with Crippen molar-refractivity contribution in [3.63, 3.8) is 0 Å². The molecule has 21 heavy (non-hydrogen) atoms. The first-order valence-corrected chi connectivity index (χ1v) is 6.05. The van der Waals surface area contributed by atoms with Gasteiger partial charge in [0.1, 0.15) is 0 Å². The van der Waals surface area contributed by atoms with E-state index in [1.165, 1.54) is 20.3 Å². The fourth-order valence-corrected chi connectivity index (χ4v) is 2.00. The van der Waals surface area contributed by atoms with Crippen molar-refractivity contribution in [2.45, 2.75) is 6.61 Å². The molecular formula is C14H15NO6. The second-order valence-corrected chi connectivity index (χ2v) is 4.15. The number of aromatic nitrogens is 1. The third-order valence-electron chi connectivity index (χ3n) is 2.90. The summed E-state index contributed by atoms with van der Waals surface area (Å²) in [4.78, 5) is 10.9. The molecule has 0 bridgehead atoms. The first-order chi connectivity index (χ1) is 10.1. The standard InChI is InChI=1S/C14H15NO6/c1-18-7-8-4-5-9(13(20-3)12(8)19-2)11-6-10(14(16)17)15-21-11/h4-6H,7H2,1-3H3,(H,16,17). The van der Waals surface area contributed by atoms with E-state index in [1.54, 1.807) is 19.2 Å². The second kappa shape index (κ2) is 6.27. The number of hydrogen-bond donors (Lipinski definition) is 1. The van der Waals surface area contributed by atoms with Gasteiger partial charge in [0.25, 0.3) is 0 Å². The molecule has 0 spiro atoms. The molecule has 1 heterocycles. The Labute approximate surface area is 121 Å². The van der Waals surface area contributed by atoms with E-state index in [9.17, 15) is 4.79 Å². The summed E-state index contributed by atoms with van der Waals surface area (Å²) in [6, 6.07) is 4.86. The van der Waals surface area contributed by atoms with Crippen LogP contribution in [0.3, 0.4) is 0 Å². The van der Waals surface area contributed by atoms with Crippen molar-refractivity contribution in [3.05, 3.63) is 29.5 Å². The largest absolute Gasteiger partial charge is 0.492 e. The number of carboxylic acid groups (broad SMARTS) is 1. The van der Waals surface area contributed by atoms with E-state index in [0.29, 0.717) is 23.7 Å². The number of carbonyl (C=O) groups is 1. The van der Waals surface area contributed by atoms with E-state index < -0.39 is 5.97 Å². The Kier molecular flexibility index (Phi) is 4.44. The van der Waals surface area contributed by atoms with Crippen LogP contribution in [-0.2, 0) is 11.3 Å². The molecule has 2 rings (SSSR count). The minimum absolute atomic E-state index is 0.174. The molecule has 0 saturated carbocycles. The van der Waals surface area contributed by atoms with Crippen LogP contribution in [-0.4, -0.2) is 37.6 Å². The average Bonchev–Trinajstić information content (AvgIpc) is 2.96. The van der Waals surface area contributed by atoms with Gasteiger partial charge in [-0.15, -0.1) is 0 Å². The topological polar surface area (TPSA) is 91.0 Å². The third-order valence-corrected chi connectivity index (χ3v) is 2.90. The molecular weight excluding hydrogens is 278 g/mol. The lowest BCUT2D eigenvalue weighted by atomic mass is 10.1. The number of benzene rings is 1. The molecule has 112 valence electrons. The van der Waals surface area contributed by atoms with Gasteiger partial charge in [-0.2, -0.15) is 0 Å². The van der Waals surface area contributed by atoms with Gasteiger partial charge in [0.15, 0.2) is 23.0 Å². The molecule has 0 saturated heterocycles. The van der Waals surface area contributed by atoms with Gasteiger partial charge in [-0.3, -0.25) is 0 Å². The average molecular weight is 293 g/mol. The Bertz CT molecular complexity index is 649. The molecule has 0 aliphatic rings. The van der Waals surface area contributed by atoms with Crippen LogP contribution in [0.4, 0.5) is 0 Å². The molecule has 0 atom stereocenters. The summed E-state index contributed by atoms with van der Waals surface area (Å²) < 4.78 is 20.9. The van der Waals surface area contributed by atoms with Gasteiger partial charge in [-0.1, -0.05) is 11.2 Å². The highest BCUT2D eigenvalue weighted by molar-refractivity contribution is 5.87. The summed E-state index contributed by atoms with van der Waals surface area (Å²) in [6.45, 7) is 0.358. The smallest absolute Gasteiger partial charge is 0.358 e. The molecule has 0 aliphatic carbocycles. The van der Waals surface area contributed by atoms with Gasteiger partial charge in [0.2, 0.25) is 0 Å². The summed E-state index contributed by atoms with van der Waals surface area (Å²) in [5.74, 6) is 0.0590. The van der Waals surface area contributed by atoms with Crippen LogP contribution in [0.15, 0.2) is 22.7 Å². The quantitative estimate of drug-likeness (QED) is 0.872. The Morgan fingerprint density at radius 1 is 1.24 bits per heavy atom. The number of carboxylic acids is 1. The van der Waals surface area contributed by atoms with E-state index in [0.717, 1.165) is 5.56 Å². The molecule has 7 nitrogen and oxygen atoms in total. The molecule has 0 radical (unpaired) electrons. The second-order valence-electron chi connectivity index (χ2n) is 4.15. The van der Waals surface area contributed by atoms with Crippen LogP contribution in [0, 0.1) is 0 Å². The zero-order valence-corrected chi connectivity index (χ0v) is 11.9. The summed E-state index contributed by atoms with van der Waals surface area (Å²) >= 11 is 0. The van der Waals surface area contributed by atoms with Gasteiger partial charge in [0.05, 0.1) is 26.4 Å². The van der Waals surface area contributed by atoms with Crippen molar-refractivity contribution in [3.8, 4) is 22.8 Å². The maximum atomic E-state index is 10.9. The number of nitrogens with zero attached hydrogens (tertiary/aromatic N) is 1. The Morgan fingerprint density at radius 3 is 2.48 bits per heavy atom. The molecule has 0 aliphatic heterocycles. The number of aromatic carboxylic acids is 1. The summed E-state index contributed by atoms with van der Waals surface area (Å²) in [7, 11) is 4.59. The molecule has 0 fully saturated rings. The van der Waals surface area contributed by atoms with Crippen LogP contribution in [0.25, 0.3) is 11.3 Å². The fourth-order valence-electron chi connectivity index (χ4n) is 2.00. The van der Waals surface area contributed by atoms with Crippen LogP contribution >= 0.6 is 0 Å². The first kappa shape index (κ1) is 14.9. The van der Waals surface area contributed by atoms with Crippen molar-refractivity contribution in [2.75, 3.05) is 21.3 Å². The van der Waals surface area contributed by atoms with E-state index in [4.69, 9.17) is 23.8 Å². The summed E-state index contributed by atoms with van der Waals surface area (Å²) in [5, 5.41) is 12.4. The first-order valence-electron chi connectivity index (χ1n) is 6.05. The van der Waals surface area contributed by atoms with Crippen molar-refractivity contribution >= 4 is 5.97 Å². The molecule has 7 heteroatoms. The Hall–Kier alpha value is -2.54. The Balaban J connectivity index is 2.54. The summed E-state index contributed by atoms with van der Waals surface area (Å²) in [6.07, 6.45) is 0. The number of rotatable bonds is 6. The van der Waals surface area contributed by atoms with Crippen LogP contribution < -0.4 is 9.47 Å². The van der Waals surface area contributed by atoms with Crippen molar-refractivity contribution in [2.24, 2.45) is 0 Å². The molecule has 1 N–H and O–H groups in total. The molecule has 1 aromatic carbocycles. The normalized spacial score (nSPS) is 10.4. The molecule has 0 amide bonds. The monoisotopic (exact) mass is 293 g/mol. The summed E-state index contributed by atoms with van der Waals surface area (Å²) in [5.41, 5.74) is 1.18. The molecule has 0 unspecified atom stereocenters. The van der Waals surface area contributed by atoms with Gasteiger partial charge in [0, 0.05) is 18.7 Å². The van der Waals surface area contributed by atoms with Gasteiger partial charge >= 0.3 is 5.97 Å². The van der Waals surface area contributed by atoms with E-state index in [-0.39, 0.29) is 11.5 Å². The molecule has 1 aromatic heterocycles. The lowest BCUT2D eigenvalue weighted by molar-refractivity contribution is 0.0686. The minimum Gasteiger partial charge on any atom is -0.492 e. The van der Waals surface area contributed by atoms with Gasteiger partial charge < -0.3 is 23.8 Å². The van der Waals surface area contributed by atoms with Crippen molar-refractivity contribution in [1.82, 2.24) is 5.16 Å². The number of methoxy groups -OCH3 is 3. The van der Waals surface area contributed by atoms with Gasteiger partial charge in [-0.25, -0.2) is 4.79 Å². The zero-order valence-electron chi connectivity index (χ0n) is 11.9. The van der Waals surface area contributed by atoms with Crippen LogP contribution in [0.5, 0.6) is 11.5 Å². The van der Waals surface area contributed by atoms with Gasteiger partial charge in [-0.05, 0) is 6.07 Å². The number of ether oxygens (including phenoxy) is 3. The van der Waals surface area contributed by atoms with Crippen LogP contribution in [0.2, 0.25) is 0 Å². The SMILES string of the molecule is COCc1ccc(-c2cc(C(=O)O)no2)c(OC)c1OC. The zero-order chi connectivity index (χ0) is 15.4. The maximum absolute atomic E-state index is 10.9. The lowest BCUT2D eigenvalue weighted by Gasteiger charge is -2.14. The fraction of sp³-hybridized carbons (Fsp3) is 0.286. The highest BCUT2D eigenvalue weighted by Crippen LogP contribution is 2.40. The highest BCUT2D eigenvalue weighted by atomic mass is 16.5. The third kappa shape index (κ3) is 2.82. The lowest BCUT2D eigenvalue weighted by Crippen LogP contribution is -1.99. The van der Waals surface area contributed by atoms with E-state index in [2.05, 4.69) is 5.16 Å². The molecule has 2 aromatic rings. The number of hydrogen-bond acceptors (Lipinski definition) is 6. The highest BCUT2D eigenvalue weighted by Gasteiger charge is 2.20. The maximum Gasteiger partial charge on any atom is 0.358 e.